The van der Waals surface area contributed by atoms with Gasteiger partial charge in [-0.05, 0) is 12.1 Å². The van der Waals surface area contributed by atoms with E-state index in [0.717, 1.165) is 5.56 Å². The van der Waals surface area contributed by atoms with E-state index in [0.29, 0.717) is 5.92 Å². The van der Waals surface area contributed by atoms with Gasteiger partial charge in [-0.25, -0.2) is 0 Å². The summed E-state index contributed by atoms with van der Waals surface area (Å²) in [4.78, 5) is 0. The molecule has 0 aliphatic rings. The second-order valence-electron chi connectivity index (χ2n) is 2.79. The van der Waals surface area contributed by atoms with E-state index in [1.807, 2.05) is 30.3 Å². The summed E-state index contributed by atoms with van der Waals surface area (Å²) < 4.78 is 0. The molecule has 1 aromatic carbocycles. The highest BCUT2D eigenvalue weighted by atomic mass is 13.9. The van der Waals surface area contributed by atoms with Gasteiger partial charge in [0.15, 0.2) is 0 Å². The molecule has 1 aromatic rings. The van der Waals surface area contributed by atoms with Gasteiger partial charge in [0.25, 0.3) is 0 Å². The predicted octanol–water partition coefficient (Wildman–Crippen LogP) is 2.69. The summed E-state index contributed by atoms with van der Waals surface area (Å²) in [5.41, 5.74) is 1.10. The van der Waals surface area contributed by atoms with E-state index in [4.69, 9.17) is 0 Å². The summed E-state index contributed by atoms with van der Waals surface area (Å²) in [5, 5.41) is 0. The van der Waals surface area contributed by atoms with Crippen molar-refractivity contribution in [3.8, 4) is 11.8 Å². The molecule has 0 radical (unpaired) electrons. The van der Waals surface area contributed by atoms with Crippen molar-refractivity contribution in [1.29, 1.82) is 0 Å². The normalized spacial score (nSPS) is 9.00. The summed E-state index contributed by atoms with van der Waals surface area (Å²) in [6.07, 6.45) is 0. The summed E-state index contributed by atoms with van der Waals surface area (Å²) in [6.45, 7) is 4.19. The standard InChI is InChI=1S/C11H12/c1-10(2)8-9-11-6-4-3-5-7-11/h3-7,10H,1-2H3. The van der Waals surface area contributed by atoms with E-state index in [2.05, 4.69) is 25.7 Å². The molecule has 0 heterocycles. The summed E-state index contributed by atoms with van der Waals surface area (Å²) in [7, 11) is 0. The van der Waals surface area contributed by atoms with Crippen LogP contribution in [0.1, 0.15) is 19.4 Å². The molecule has 0 aliphatic heterocycles. The molecule has 0 bridgehead atoms. The Morgan fingerprint density at radius 1 is 1.09 bits per heavy atom. The quantitative estimate of drug-likeness (QED) is 0.491. The van der Waals surface area contributed by atoms with E-state index in [9.17, 15) is 0 Å². The maximum Gasteiger partial charge on any atom is 0.0245 e. The summed E-state index contributed by atoms with van der Waals surface area (Å²) in [5.74, 6) is 6.66. The molecule has 0 unspecified atom stereocenters. The van der Waals surface area contributed by atoms with Crippen LogP contribution >= 0.6 is 0 Å². The summed E-state index contributed by atoms with van der Waals surface area (Å²) >= 11 is 0. The second kappa shape index (κ2) is 3.83. The largest absolute Gasteiger partial charge is 0.0951 e. The van der Waals surface area contributed by atoms with Gasteiger partial charge in [0.2, 0.25) is 0 Å². The van der Waals surface area contributed by atoms with Crippen molar-refractivity contribution in [3.05, 3.63) is 35.9 Å². The van der Waals surface area contributed by atoms with Crippen molar-refractivity contribution in [2.24, 2.45) is 5.92 Å². The minimum Gasteiger partial charge on any atom is -0.0951 e. The highest BCUT2D eigenvalue weighted by Gasteiger charge is 1.83. The number of benzene rings is 1. The first kappa shape index (κ1) is 7.88. The lowest BCUT2D eigenvalue weighted by molar-refractivity contribution is 0.866. The first-order chi connectivity index (χ1) is 5.29. The Balaban J connectivity index is 2.75. The van der Waals surface area contributed by atoms with E-state index in [1.54, 1.807) is 0 Å². The van der Waals surface area contributed by atoms with Crippen LogP contribution < -0.4 is 0 Å². The van der Waals surface area contributed by atoms with Gasteiger partial charge in [-0.1, -0.05) is 43.9 Å². The van der Waals surface area contributed by atoms with Crippen LogP contribution in [0.4, 0.5) is 0 Å². The van der Waals surface area contributed by atoms with Crippen LogP contribution in [-0.4, -0.2) is 0 Å². The molecule has 0 heteroatoms. The van der Waals surface area contributed by atoms with Gasteiger partial charge in [0, 0.05) is 11.5 Å². The molecule has 0 N–H and O–H groups in total. The van der Waals surface area contributed by atoms with Gasteiger partial charge in [-0.15, -0.1) is 0 Å². The van der Waals surface area contributed by atoms with Gasteiger partial charge in [0.05, 0.1) is 0 Å². The van der Waals surface area contributed by atoms with E-state index >= 15 is 0 Å². The maximum atomic E-state index is 3.11. The molecule has 0 atom stereocenters. The zero-order valence-electron chi connectivity index (χ0n) is 6.96. The smallest absolute Gasteiger partial charge is 0.0245 e. The van der Waals surface area contributed by atoms with Gasteiger partial charge in [-0.3, -0.25) is 0 Å². The van der Waals surface area contributed by atoms with Crippen LogP contribution in [0.25, 0.3) is 0 Å². The third kappa shape index (κ3) is 2.91. The molecule has 1 rings (SSSR count). The lowest BCUT2D eigenvalue weighted by atomic mass is 10.2. The van der Waals surface area contributed by atoms with Crippen LogP contribution in [0.2, 0.25) is 0 Å². The third-order valence-electron chi connectivity index (χ3n) is 1.28. The SMILES string of the molecule is CC(C)C#Cc1ccccc1. The Hall–Kier alpha value is -1.22. The zero-order valence-corrected chi connectivity index (χ0v) is 6.96. The van der Waals surface area contributed by atoms with Gasteiger partial charge < -0.3 is 0 Å². The molecule has 0 fully saturated rings. The molecule has 56 valence electrons. The first-order valence-electron chi connectivity index (χ1n) is 3.85. The van der Waals surface area contributed by atoms with Crippen molar-refractivity contribution in [1.82, 2.24) is 0 Å². The fourth-order valence-electron chi connectivity index (χ4n) is 0.749. The second-order valence-corrected chi connectivity index (χ2v) is 2.79. The number of rotatable bonds is 0. The van der Waals surface area contributed by atoms with Crippen molar-refractivity contribution >= 4 is 0 Å². The molecule has 0 saturated heterocycles. The highest BCUT2D eigenvalue weighted by Crippen LogP contribution is 1.96. The van der Waals surface area contributed by atoms with Crippen LogP contribution in [-0.2, 0) is 0 Å². The number of hydrogen-bond acceptors (Lipinski definition) is 0. The topological polar surface area (TPSA) is 0 Å². The molecule has 0 amide bonds. The van der Waals surface area contributed by atoms with Crippen molar-refractivity contribution < 1.29 is 0 Å². The van der Waals surface area contributed by atoms with Crippen LogP contribution in [0.3, 0.4) is 0 Å². The minimum atomic E-state index is 0.454. The Labute approximate surface area is 68.3 Å². The highest BCUT2D eigenvalue weighted by molar-refractivity contribution is 5.33. The molecular formula is C11H12. The molecule has 0 aliphatic carbocycles. The van der Waals surface area contributed by atoms with Crippen LogP contribution in [0, 0.1) is 17.8 Å². The molecule has 0 saturated carbocycles. The lowest BCUT2D eigenvalue weighted by Crippen LogP contribution is -1.78. The lowest BCUT2D eigenvalue weighted by Gasteiger charge is -1.88. The fourth-order valence-corrected chi connectivity index (χ4v) is 0.749. The maximum absolute atomic E-state index is 3.11. The van der Waals surface area contributed by atoms with Crippen LogP contribution in [0.15, 0.2) is 30.3 Å². The average Bonchev–Trinajstić information content (AvgIpc) is 2.03. The predicted molar refractivity (Wildman–Crippen MR) is 48.2 cm³/mol. The molecule has 0 aromatic heterocycles. The van der Waals surface area contributed by atoms with Gasteiger partial charge >= 0.3 is 0 Å². The summed E-state index contributed by atoms with van der Waals surface area (Å²) in [6, 6.07) is 10.1. The van der Waals surface area contributed by atoms with Crippen LogP contribution in [0.5, 0.6) is 0 Å². The zero-order chi connectivity index (χ0) is 8.10. The Morgan fingerprint density at radius 3 is 2.27 bits per heavy atom. The van der Waals surface area contributed by atoms with Crippen molar-refractivity contribution in [3.63, 3.8) is 0 Å². The van der Waals surface area contributed by atoms with Crippen molar-refractivity contribution in [2.45, 2.75) is 13.8 Å². The first-order valence-corrected chi connectivity index (χ1v) is 3.85. The molecule has 11 heavy (non-hydrogen) atoms. The Bertz CT molecular complexity index is 259. The van der Waals surface area contributed by atoms with E-state index < -0.39 is 0 Å². The van der Waals surface area contributed by atoms with Gasteiger partial charge in [-0.2, -0.15) is 0 Å². The Kier molecular flexibility index (Phi) is 2.74. The van der Waals surface area contributed by atoms with Crippen molar-refractivity contribution in [2.75, 3.05) is 0 Å². The molecule has 0 nitrogen and oxygen atoms in total. The molecule has 0 spiro atoms. The van der Waals surface area contributed by atoms with E-state index in [1.165, 1.54) is 0 Å². The Morgan fingerprint density at radius 2 is 1.73 bits per heavy atom. The monoisotopic (exact) mass is 144 g/mol. The third-order valence-corrected chi connectivity index (χ3v) is 1.28. The fraction of sp³-hybridized carbons (Fsp3) is 0.273. The average molecular weight is 144 g/mol. The minimum absolute atomic E-state index is 0.454. The van der Waals surface area contributed by atoms with Gasteiger partial charge in [0.1, 0.15) is 0 Å². The molecular weight excluding hydrogens is 132 g/mol. The number of hydrogen-bond donors (Lipinski definition) is 0. The van der Waals surface area contributed by atoms with E-state index in [-0.39, 0.29) is 0 Å².